The zero-order chi connectivity index (χ0) is 12.0. The monoisotopic (exact) mass is 228 g/mol. The van der Waals surface area contributed by atoms with Gasteiger partial charge in [-0.25, -0.2) is 0 Å². The lowest BCUT2D eigenvalue weighted by Crippen LogP contribution is -2.36. The molecule has 2 N–H and O–H groups in total. The van der Waals surface area contributed by atoms with Crippen LogP contribution in [0.15, 0.2) is 0 Å². The van der Waals surface area contributed by atoms with E-state index < -0.39 is 0 Å². The van der Waals surface area contributed by atoms with Gasteiger partial charge in [-0.15, -0.1) is 0 Å². The molecule has 0 aromatic rings. The number of rotatable bonds is 4. The molecular formula is C12H24N2O2. The van der Waals surface area contributed by atoms with E-state index in [0.29, 0.717) is 13.0 Å². The summed E-state index contributed by atoms with van der Waals surface area (Å²) in [5.74, 6) is 0.113. The van der Waals surface area contributed by atoms with Crippen LogP contribution < -0.4 is 5.73 Å². The SMILES string of the molecule is CN(C)C(=O)CCOC1CCCCCC1N. The molecule has 1 aliphatic carbocycles. The summed E-state index contributed by atoms with van der Waals surface area (Å²) in [6.45, 7) is 0.495. The lowest BCUT2D eigenvalue weighted by atomic mass is 10.1. The van der Waals surface area contributed by atoms with E-state index in [1.807, 2.05) is 0 Å². The predicted molar refractivity (Wildman–Crippen MR) is 64.1 cm³/mol. The molecule has 0 aliphatic heterocycles. The van der Waals surface area contributed by atoms with Crippen molar-refractivity contribution in [2.45, 2.75) is 50.7 Å². The number of hydrogen-bond donors (Lipinski definition) is 1. The topological polar surface area (TPSA) is 55.6 Å². The Morgan fingerprint density at radius 1 is 1.31 bits per heavy atom. The Balaban J connectivity index is 2.22. The Kier molecular flexibility index (Phi) is 5.77. The molecule has 4 nitrogen and oxygen atoms in total. The van der Waals surface area contributed by atoms with Crippen LogP contribution >= 0.6 is 0 Å². The third kappa shape index (κ3) is 4.49. The Morgan fingerprint density at radius 2 is 2.00 bits per heavy atom. The fourth-order valence-electron chi connectivity index (χ4n) is 2.03. The Labute approximate surface area is 98.1 Å². The molecule has 1 fully saturated rings. The molecule has 0 heterocycles. The predicted octanol–water partition coefficient (Wildman–Crippen LogP) is 1.14. The summed E-state index contributed by atoms with van der Waals surface area (Å²) in [6.07, 6.45) is 6.35. The van der Waals surface area contributed by atoms with Gasteiger partial charge in [-0.05, 0) is 12.8 Å². The van der Waals surface area contributed by atoms with Crippen LogP contribution in [-0.2, 0) is 9.53 Å². The molecule has 0 aromatic carbocycles. The second kappa shape index (κ2) is 6.86. The smallest absolute Gasteiger partial charge is 0.224 e. The van der Waals surface area contributed by atoms with Crippen LogP contribution in [0, 0.1) is 0 Å². The number of nitrogens with two attached hydrogens (primary N) is 1. The largest absolute Gasteiger partial charge is 0.376 e. The van der Waals surface area contributed by atoms with E-state index in [9.17, 15) is 4.79 Å². The molecule has 0 bridgehead atoms. The van der Waals surface area contributed by atoms with Crippen molar-refractivity contribution in [3.63, 3.8) is 0 Å². The molecule has 0 aromatic heterocycles. The summed E-state index contributed by atoms with van der Waals surface area (Å²) in [6, 6.07) is 0.150. The van der Waals surface area contributed by atoms with Crippen LogP contribution in [-0.4, -0.2) is 43.7 Å². The molecule has 1 rings (SSSR count). The zero-order valence-corrected chi connectivity index (χ0v) is 10.4. The average molecular weight is 228 g/mol. The minimum absolute atomic E-state index is 0.113. The van der Waals surface area contributed by atoms with Crippen LogP contribution in [0.4, 0.5) is 0 Å². The quantitative estimate of drug-likeness (QED) is 0.734. The Morgan fingerprint density at radius 3 is 2.69 bits per heavy atom. The molecule has 1 aliphatic rings. The fraction of sp³-hybridized carbons (Fsp3) is 0.917. The van der Waals surface area contributed by atoms with Crippen molar-refractivity contribution >= 4 is 5.91 Å². The van der Waals surface area contributed by atoms with E-state index >= 15 is 0 Å². The highest BCUT2D eigenvalue weighted by Crippen LogP contribution is 2.19. The van der Waals surface area contributed by atoms with E-state index in [0.717, 1.165) is 12.8 Å². The van der Waals surface area contributed by atoms with Crippen molar-refractivity contribution < 1.29 is 9.53 Å². The Hall–Kier alpha value is -0.610. The van der Waals surface area contributed by atoms with Crippen LogP contribution in [0.1, 0.15) is 38.5 Å². The summed E-state index contributed by atoms with van der Waals surface area (Å²) < 4.78 is 5.72. The molecule has 0 radical (unpaired) electrons. The highest BCUT2D eigenvalue weighted by molar-refractivity contribution is 5.75. The number of carbonyl (C=O) groups excluding carboxylic acids is 1. The van der Waals surface area contributed by atoms with Gasteiger partial charge in [-0.1, -0.05) is 19.3 Å². The molecule has 16 heavy (non-hydrogen) atoms. The fourth-order valence-corrected chi connectivity index (χ4v) is 2.03. The van der Waals surface area contributed by atoms with Crippen molar-refractivity contribution in [3.05, 3.63) is 0 Å². The average Bonchev–Trinajstić information content (AvgIpc) is 2.44. The normalized spacial score (nSPS) is 26.2. The van der Waals surface area contributed by atoms with Crippen molar-refractivity contribution in [2.75, 3.05) is 20.7 Å². The Bertz CT molecular complexity index is 219. The molecule has 1 saturated carbocycles. The highest BCUT2D eigenvalue weighted by Gasteiger charge is 2.21. The van der Waals surface area contributed by atoms with E-state index in [4.69, 9.17) is 10.5 Å². The zero-order valence-electron chi connectivity index (χ0n) is 10.4. The number of carbonyl (C=O) groups is 1. The van der Waals surface area contributed by atoms with Gasteiger partial charge in [0.25, 0.3) is 0 Å². The molecule has 2 unspecified atom stereocenters. The van der Waals surface area contributed by atoms with Gasteiger partial charge in [0.1, 0.15) is 0 Å². The van der Waals surface area contributed by atoms with Gasteiger partial charge in [-0.2, -0.15) is 0 Å². The lowest BCUT2D eigenvalue weighted by Gasteiger charge is -2.22. The van der Waals surface area contributed by atoms with Crippen molar-refractivity contribution in [1.29, 1.82) is 0 Å². The number of hydrogen-bond acceptors (Lipinski definition) is 3. The first kappa shape index (κ1) is 13.5. The number of nitrogens with zero attached hydrogens (tertiary/aromatic N) is 1. The van der Waals surface area contributed by atoms with Crippen LogP contribution in [0.25, 0.3) is 0 Å². The molecule has 0 saturated heterocycles. The maximum Gasteiger partial charge on any atom is 0.224 e. The number of ether oxygens (including phenoxy) is 1. The minimum atomic E-state index is 0.113. The first-order valence-electron chi connectivity index (χ1n) is 6.18. The highest BCUT2D eigenvalue weighted by atomic mass is 16.5. The van der Waals surface area contributed by atoms with Gasteiger partial charge in [0.05, 0.1) is 19.1 Å². The summed E-state index contributed by atoms with van der Waals surface area (Å²) >= 11 is 0. The molecule has 1 amide bonds. The molecule has 4 heteroatoms. The van der Waals surface area contributed by atoms with Gasteiger partial charge in [0.2, 0.25) is 5.91 Å². The van der Waals surface area contributed by atoms with Crippen LogP contribution in [0.5, 0.6) is 0 Å². The van der Waals surface area contributed by atoms with Gasteiger partial charge >= 0.3 is 0 Å². The molecule has 0 spiro atoms. The standard InChI is InChI=1S/C12H24N2O2/c1-14(2)12(15)8-9-16-11-7-5-3-4-6-10(11)13/h10-11H,3-9,13H2,1-2H3. The maximum absolute atomic E-state index is 11.3. The summed E-state index contributed by atoms with van der Waals surface area (Å²) in [5, 5.41) is 0. The summed E-state index contributed by atoms with van der Waals surface area (Å²) in [4.78, 5) is 12.9. The third-order valence-corrected chi connectivity index (χ3v) is 3.15. The first-order chi connectivity index (χ1) is 7.61. The third-order valence-electron chi connectivity index (χ3n) is 3.15. The minimum Gasteiger partial charge on any atom is -0.376 e. The van der Waals surface area contributed by atoms with E-state index in [1.54, 1.807) is 19.0 Å². The molecule has 94 valence electrons. The molecular weight excluding hydrogens is 204 g/mol. The second-order valence-corrected chi connectivity index (χ2v) is 4.75. The van der Waals surface area contributed by atoms with E-state index in [2.05, 4.69) is 0 Å². The number of amides is 1. The van der Waals surface area contributed by atoms with Gasteiger partial charge in [0, 0.05) is 20.1 Å². The van der Waals surface area contributed by atoms with Crippen LogP contribution in [0.3, 0.4) is 0 Å². The van der Waals surface area contributed by atoms with Crippen LogP contribution in [0.2, 0.25) is 0 Å². The van der Waals surface area contributed by atoms with Gasteiger partial charge < -0.3 is 15.4 Å². The van der Waals surface area contributed by atoms with Crippen molar-refractivity contribution in [1.82, 2.24) is 4.90 Å². The van der Waals surface area contributed by atoms with Gasteiger partial charge in [0.15, 0.2) is 0 Å². The van der Waals surface area contributed by atoms with Crippen molar-refractivity contribution in [2.24, 2.45) is 5.73 Å². The van der Waals surface area contributed by atoms with E-state index in [1.165, 1.54) is 19.3 Å². The first-order valence-corrected chi connectivity index (χ1v) is 6.18. The van der Waals surface area contributed by atoms with Gasteiger partial charge in [-0.3, -0.25) is 4.79 Å². The maximum atomic E-state index is 11.3. The summed E-state index contributed by atoms with van der Waals surface area (Å²) in [7, 11) is 3.53. The van der Waals surface area contributed by atoms with E-state index in [-0.39, 0.29) is 18.1 Å². The second-order valence-electron chi connectivity index (χ2n) is 4.75. The molecule has 2 atom stereocenters. The lowest BCUT2D eigenvalue weighted by molar-refractivity contribution is -0.130. The summed E-state index contributed by atoms with van der Waals surface area (Å²) in [5.41, 5.74) is 6.04. The van der Waals surface area contributed by atoms with Crippen molar-refractivity contribution in [3.8, 4) is 0 Å².